The molecular weight excluding hydrogens is 356 g/mol. The maximum atomic E-state index is 12.4. The highest BCUT2D eigenvalue weighted by atomic mass is 32.2. The highest BCUT2D eigenvalue weighted by molar-refractivity contribution is 7.89. The minimum absolute atomic E-state index is 0.111. The number of carbonyl (C=O) groups excluding carboxylic acids is 1. The molecule has 2 rings (SSSR count). The van der Waals surface area contributed by atoms with E-state index in [1.807, 2.05) is 0 Å². The number of nitrogens with one attached hydrogen (secondary N) is 1. The van der Waals surface area contributed by atoms with Crippen molar-refractivity contribution in [1.82, 2.24) is 9.62 Å². The first-order valence-corrected chi connectivity index (χ1v) is 10.4. The molecule has 1 heterocycles. The van der Waals surface area contributed by atoms with Gasteiger partial charge < -0.3 is 9.47 Å². The minimum Gasteiger partial charge on any atom is -0.462 e. The van der Waals surface area contributed by atoms with Gasteiger partial charge in [0.05, 0.1) is 29.8 Å². The van der Waals surface area contributed by atoms with Crippen molar-refractivity contribution in [2.24, 2.45) is 5.92 Å². The summed E-state index contributed by atoms with van der Waals surface area (Å²) in [6.07, 6.45) is -0.170. The van der Waals surface area contributed by atoms with Crippen LogP contribution in [0.3, 0.4) is 0 Å². The highest BCUT2D eigenvalue weighted by Gasteiger charge is 2.23. The van der Waals surface area contributed by atoms with Crippen molar-refractivity contribution in [3.8, 4) is 0 Å². The number of carbonyl (C=O) groups is 1. The van der Waals surface area contributed by atoms with Crippen LogP contribution in [0.2, 0.25) is 0 Å². The van der Waals surface area contributed by atoms with Gasteiger partial charge in [-0.25, -0.2) is 17.9 Å². The Balaban J connectivity index is 1.93. The molecule has 1 atom stereocenters. The van der Waals surface area contributed by atoms with Crippen LogP contribution in [-0.2, 0) is 19.5 Å². The zero-order valence-corrected chi connectivity index (χ0v) is 16.4. The number of morpholine rings is 1. The van der Waals surface area contributed by atoms with Gasteiger partial charge in [-0.15, -0.1) is 0 Å². The van der Waals surface area contributed by atoms with Crippen molar-refractivity contribution in [2.75, 3.05) is 39.4 Å². The van der Waals surface area contributed by atoms with E-state index in [2.05, 4.69) is 23.5 Å². The molecule has 1 N–H and O–H groups in total. The van der Waals surface area contributed by atoms with E-state index in [4.69, 9.17) is 9.47 Å². The largest absolute Gasteiger partial charge is 0.462 e. The van der Waals surface area contributed by atoms with E-state index >= 15 is 0 Å². The topological polar surface area (TPSA) is 84.9 Å². The van der Waals surface area contributed by atoms with Gasteiger partial charge in [0.2, 0.25) is 10.0 Å². The average molecular weight is 384 g/mol. The maximum Gasteiger partial charge on any atom is 0.338 e. The van der Waals surface area contributed by atoms with Crippen molar-refractivity contribution < 1.29 is 22.7 Å². The molecule has 1 aliphatic rings. The summed E-state index contributed by atoms with van der Waals surface area (Å²) in [4.78, 5) is 14.0. The molecule has 0 spiro atoms. The first-order valence-electron chi connectivity index (χ1n) is 8.92. The second-order valence-electron chi connectivity index (χ2n) is 6.74. The monoisotopic (exact) mass is 384 g/mol. The fourth-order valence-electron chi connectivity index (χ4n) is 2.86. The molecule has 0 aromatic heterocycles. The predicted molar refractivity (Wildman–Crippen MR) is 98.6 cm³/mol. The summed E-state index contributed by atoms with van der Waals surface area (Å²) in [7, 11) is -3.66. The lowest BCUT2D eigenvalue weighted by atomic mass is 10.2. The van der Waals surface area contributed by atoms with Gasteiger partial charge in [-0.2, -0.15) is 0 Å². The summed E-state index contributed by atoms with van der Waals surface area (Å²) >= 11 is 0. The molecule has 1 saturated heterocycles. The predicted octanol–water partition coefficient (Wildman–Crippen LogP) is 1.50. The fraction of sp³-hybridized carbons (Fsp3) is 0.611. The van der Waals surface area contributed by atoms with Gasteiger partial charge in [0.15, 0.2) is 0 Å². The molecule has 0 unspecified atom stereocenters. The molecule has 1 aromatic carbocycles. The van der Waals surface area contributed by atoms with Gasteiger partial charge in [-0.1, -0.05) is 13.8 Å². The molecule has 7 nitrogen and oxygen atoms in total. The third-order valence-electron chi connectivity index (χ3n) is 4.02. The normalized spacial score (nSPS) is 18.8. The van der Waals surface area contributed by atoms with Crippen LogP contribution in [0.15, 0.2) is 29.2 Å². The molecule has 0 bridgehead atoms. The fourth-order valence-corrected chi connectivity index (χ4v) is 3.92. The Hall–Kier alpha value is -1.48. The molecule has 1 aromatic rings. The smallest absolute Gasteiger partial charge is 0.338 e. The first-order chi connectivity index (χ1) is 12.3. The van der Waals surface area contributed by atoms with E-state index in [0.29, 0.717) is 24.6 Å². The summed E-state index contributed by atoms with van der Waals surface area (Å²) in [6.45, 7) is 9.69. The molecule has 1 aliphatic heterocycles. The van der Waals surface area contributed by atoms with Crippen LogP contribution < -0.4 is 4.72 Å². The molecule has 0 radical (unpaired) electrons. The summed E-state index contributed by atoms with van der Waals surface area (Å²) < 4.78 is 38.0. The number of ether oxygens (including phenoxy) is 2. The van der Waals surface area contributed by atoms with Crippen molar-refractivity contribution in [2.45, 2.75) is 31.8 Å². The van der Waals surface area contributed by atoms with Gasteiger partial charge in [0.25, 0.3) is 0 Å². The zero-order valence-electron chi connectivity index (χ0n) is 15.6. The van der Waals surface area contributed by atoms with Crippen molar-refractivity contribution in [3.05, 3.63) is 29.8 Å². The van der Waals surface area contributed by atoms with Gasteiger partial charge in [0.1, 0.15) is 0 Å². The SMILES string of the molecule is CCOC(=O)c1ccc(S(=O)(=O)NC[C@H]2CN(CC(C)C)CCO2)cc1. The van der Waals surface area contributed by atoms with Crippen LogP contribution in [0, 0.1) is 5.92 Å². The van der Waals surface area contributed by atoms with E-state index < -0.39 is 16.0 Å². The van der Waals surface area contributed by atoms with Crippen LogP contribution in [0.25, 0.3) is 0 Å². The van der Waals surface area contributed by atoms with Crippen molar-refractivity contribution in [1.29, 1.82) is 0 Å². The maximum absolute atomic E-state index is 12.4. The van der Waals surface area contributed by atoms with Gasteiger partial charge >= 0.3 is 5.97 Å². The molecule has 26 heavy (non-hydrogen) atoms. The van der Waals surface area contributed by atoms with Crippen LogP contribution in [0.1, 0.15) is 31.1 Å². The lowest BCUT2D eigenvalue weighted by Gasteiger charge is -2.33. The van der Waals surface area contributed by atoms with E-state index in [-0.39, 0.29) is 24.2 Å². The molecule has 8 heteroatoms. The Morgan fingerprint density at radius 1 is 1.35 bits per heavy atom. The molecular formula is C18H28N2O5S. The van der Waals surface area contributed by atoms with Gasteiger partial charge in [-0.05, 0) is 37.1 Å². The molecule has 0 amide bonds. The Bertz CT molecular complexity index is 688. The van der Waals surface area contributed by atoms with Gasteiger partial charge in [-0.3, -0.25) is 4.90 Å². The van der Waals surface area contributed by atoms with Crippen LogP contribution in [0.4, 0.5) is 0 Å². The van der Waals surface area contributed by atoms with E-state index in [9.17, 15) is 13.2 Å². The summed E-state index contributed by atoms with van der Waals surface area (Å²) in [5.74, 6) is 0.0913. The molecule has 0 saturated carbocycles. The van der Waals surface area contributed by atoms with Gasteiger partial charge in [0, 0.05) is 26.2 Å². The number of rotatable bonds is 8. The van der Waals surface area contributed by atoms with Crippen molar-refractivity contribution in [3.63, 3.8) is 0 Å². The lowest BCUT2D eigenvalue weighted by Crippen LogP contribution is -2.48. The number of sulfonamides is 1. The number of hydrogen-bond acceptors (Lipinski definition) is 6. The van der Waals surface area contributed by atoms with E-state index in [1.54, 1.807) is 6.92 Å². The number of nitrogens with zero attached hydrogens (tertiary/aromatic N) is 1. The quantitative estimate of drug-likeness (QED) is 0.684. The summed E-state index contributed by atoms with van der Waals surface area (Å²) in [6, 6.07) is 5.71. The van der Waals surface area contributed by atoms with Crippen LogP contribution in [-0.4, -0.2) is 64.8 Å². The Morgan fingerprint density at radius 3 is 2.65 bits per heavy atom. The van der Waals surface area contributed by atoms with Crippen LogP contribution >= 0.6 is 0 Å². The number of hydrogen-bond donors (Lipinski definition) is 1. The zero-order chi connectivity index (χ0) is 19.2. The third-order valence-corrected chi connectivity index (χ3v) is 5.46. The first kappa shape index (κ1) is 20.8. The molecule has 146 valence electrons. The van der Waals surface area contributed by atoms with Crippen molar-refractivity contribution >= 4 is 16.0 Å². The summed E-state index contributed by atoms with van der Waals surface area (Å²) in [5, 5.41) is 0. The van der Waals surface area contributed by atoms with E-state index in [0.717, 1.165) is 13.1 Å². The number of esters is 1. The second-order valence-corrected chi connectivity index (χ2v) is 8.51. The molecule has 0 aliphatic carbocycles. The van der Waals surface area contributed by atoms with Crippen LogP contribution in [0.5, 0.6) is 0 Å². The average Bonchev–Trinajstić information content (AvgIpc) is 2.60. The molecule has 1 fully saturated rings. The Morgan fingerprint density at radius 2 is 2.04 bits per heavy atom. The second kappa shape index (κ2) is 9.45. The third kappa shape index (κ3) is 6.05. The lowest BCUT2D eigenvalue weighted by molar-refractivity contribution is -0.0280. The Labute approximate surface area is 155 Å². The highest BCUT2D eigenvalue weighted by Crippen LogP contribution is 2.13. The van der Waals surface area contributed by atoms with E-state index in [1.165, 1.54) is 24.3 Å². The minimum atomic E-state index is -3.66. The summed E-state index contributed by atoms with van der Waals surface area (Å²) in [5.41, 5.74) is 0.325. The standard InChI is InChI=1S/C18H28N2O5S/c1-4-24-18(21)15-5-7-17(8-6-15)26(22,23)19-11-16-13-20(9-10-25-16)12-14(2)3/h5-8,14,16,19H,4,9-13H2,1-3H3/t16-/m0/s1. The number of benzene rings is 1. The Kier molecular flexibility index (Phi) is 7.57.